The standard InChI is InChI=1S/C5H9F3N2/c6-5(7,8)10-2-1-4(9)3-10/h4H,1-3,9H2/t4-/m1/s1. The zero-order valence-electron chi connectivity index (χ0n) is 5.36. The molecule has 2 nitrogen and oxygen atoms in total. The highest BCUT2D eigenvalue weighted by Gasteiger charge is 2.40. The summed E-state index contributed by atoms with van der Waals surface area (Å²) in [4.78, 5) is 0.442. The van der Waals surface area contributed by atoms with Crippen LogP contribution in [0.4, 0.5) is 13.2 Å². The van der Waals surface area contributed by atoms with Gasteiger partial charge in [-0.3, -0.25) is 0 Å². The Bertz CT molecular complexity index is 123. The highest BCUT2D eigenvalue weighted by Crippen LogP contribution is 2.24. The van der Waals surface area contributed by atoms with Crippen LogP contribution >= 0.6 is 0 Å². The van der Waals surface area contributed by atoms with E-state index in [9.17, 15) is 13.2 Å². The molecule has 1 saturated heterocycles. The molecule has 0 spiro atoms. The topological polar surface area (TPSA) is 29.3 Å². The Labute approximate surface area is 56.8 Å². The van der Waals surface area contributed by atoms with E-state index in [4.69, 9.17) is 5.73 Å². The van der Waals surface area contributed by atoms with E-state index in [0.717, 1.165) is 0 Å². The van der Waals surface area contributed by atoms with Gasteiger partial charge in [-0.1, -0.05) is 0 Å². The lowest BCUT2D eigenvalue weighted by atomic mass is 10.3. The fourth-order valence-corrected chi connectivity index (χ4v) is 1.02. The maximum atomic E-state index is 11.8. The average Bonchev–Trinajstić information content (AvgIpc) is 2.11. The van der Waals surface area contributed by atoms with Crippen LogP contribution < -0.4 is 5.73 Å². The van der Waals surface area contributed by atoms with E-state index in [-0.39, 0.29) is 19.1 Å². The van der Waals surface area contributed by atoms with Gasteiger partial charge in [-0.05, 0) is 6.42 Å². The van der Waals surface area contributed by atoms with Gasteiger partial charge in [0, 0.05) is 19.1 Å². The summed E-state index contributed by atoms with van der Waals surface area (Å²) in [7, 11) is 0. The van der Waals surface area contributed by atoms with Crippen molar-refractivity contribution in [3.8, 4) is 0 Å². The SMILES string of the molecule is N[C@@H]1CCN(C(F)(F)F)C1. The van der Waals surface area contributed by atoms with Crippen molar-refractivity contribution in [2.75, 3.05) is 13.1 Å². The van der Waals surface area contributed by atoms with Crippen molar-refractivity contribution in [3.05, 3.63) is 0 Å². The van der Waals surface area contributed by atoms with Gasteiger partial charge in [0.2, 0.25) is 0 Å². The van der Waals surface area contributed by atoms with Gasteiger partial charge in [0.25, 0.3) is 0 Å². The van der Waals surface area contributed by atoms with Crippen LogP contribution in [0.1, 0.15) is 6.42 Å². The number of nitrogens with zero attached hydrogens (tertiary/aromatic N) is 1. The second-order valence-electron chi connectivity index (χ2n) is 2.46. The fourth-order valence-electron chi connectivity index (χ4n) is 1.02. The summed E-state index contributed by atoms with van der Waals surface area (Å²) in [6.07, 6.45) is -3.74. The van der Waals surface area contributed by atoms with Gasteiger partial charge in [-0.2, -0.15) is 13.2 Å². The molecule has 0 aromatic carbocycles. The van der Waals surface area contributed by atoms with Crippen molar-refractivity contribution in [2.24, 2.45) is 5.73 Å². The Morgan fingerprint density at radius 1 is 1.40 bits per heavy atom. The Morgan fingerprint density at radius 3 is 2.20 bits per heavy atom. The van der Waals surface area contributed by atoms with Crippen LogP contribution in [0, 0.1) is 0 Å². The molecule has 5 heteroatoms. The first-order valence-corrected chi connectivity index (χ1v) is 3.07. The summed E-state index contributed by atoms with van der Waals surface area (Å²) in [6, 6.07) is -0.304. The third kappa shape index (κ3) is 1.60. The molecular formula is C5H9F3N2. The lowest BCUT2D eigenvalue weighted by Crippen LogP contribution is -2.37. The summed E-state index contributed by atoms with van der Waals surface area (Å²) < 4.78 is 35.4. The minimum Gasteiger partial charge on any atom is -0.326 e. The van der Waals surface area contributed by atoms with Crippen LogP contribution in [0.15, 0.2) is 0 Å². The summed E-state index contributed by atoms with van der Waals surface area (Å²) in [5.74, 6) is 0. The first-order valence-electron chi connectivity index (χ1n) is 3.07. The van der Waals surface area contributed by atoms with Crippen molar-refractivity contribution >= 4 is 0 Å². The van der Waals surface area contributed by atoms with Crippen molar-refractivity contribution in [2.45, 2.75) is 18.8 Å². The summed E-state index contributed by atoms with van der Waals surface area (Å²) >= 11 is 0. The molecule has 10 heavy (non-hydrogen) atoms. The van der Waals surface area contributed by atoms with Crippen LogP contribution in [0.3, 0.4) is 0 Å². The lowest BCUT2D eigenvalue weighted by molar-refractivity contribution is -0.238. The molecule has 0 aromatic heterocycles. The van der Waals surface area contributed by atoms with E-state index < -0.39 is 6.30 Å². The molecule has 60 valence electrons. The Kier molecular flexibility index (Phi) is 1.87. The Hall–Kier alpha value is -0.290. The maximum absolute atomic E-state index is 11.8. The van der Waals surface area contributed by atoms with E-state index in [1.165, 1.54) is 0 Å². The Balaban J connectivity index is 2.45. The van der Waals surface area contributed by atoms with E-state index in [1.807, 2.05) is 0 Å². The molecule has 2 N–H and O–H groups in total. The third-order valence-corrected chi connectivity index (χ3v) is 1.58. The second-order valence-corrected chi connectivity index (χ2v) is 2.46. The predicted molar refractivity (Wildman–Crippen MR) is 30.2 cm³/mol. The molecule has 0 radical (unpaired) electrons. The molecule has 1 rings (SSSR count). The van der Waals surface area contributed by atoms with Gasteiger partial charge in [0.05, 0.1) is 0 Å². The quantitative estimate of drug-likeness (QED) is 0.516. The zero-order valence-corrected chi connectivity index (χ0v) is 5.36. The molecule has 0 amide bonds. The van der Waals surface area contributed by atoms with Gasteiger partial charge >= 0.3 is 6.30 Å². The van der Waals surface area contributed by atoms with Gasteiger partial charge in [-0.15, -0.1) is 0 Å². The minimum atomic E-state index is -4.19. The predicted octanol–water partition coefficient (Wildman–Crippen LogP) is 0.539. The largest absolute Gasteiger partial charge is 0.459 e. The summed E-state index contributed by atoms with van der Waals surface area (Å²) in [6.45, 7) is -0.00579. The van der Waals surface area contributed by atoms with Crippen LogP contribution in [0.5, 0.6) is 0 Å². The van der Waals surface area contributed by atoms with Crippen molar-refractivity contribution in [1.82, 2.24) is 4.90 Å². The van der Waals surface area contributed by atoms with Gasteiger partial charge in [0.15, 0.2) is 0 Å². The molecular weight excluding hydrogens is 145 g/mol. The number of hydrogen-bond acceptors (Lipinski definition) is 2. The molecule has 0 unspecified atom stereocenters. The van der Waals surface area contributed by atoms with Crippen LogP contribution in [0.2, 0.25) is 0 Å². The molecule has 0 aliphatic carbocycles. The average molecular weight is 154 g/mol. The normalized spacial score (nSPS) is 29.4. The van der Waals surface area contributed by atoms with Crippen molar-refractivity contribution in [3.63, 3.8) is 0 Å². The van der Waals surface area contributed by atoms with Crippen LogP contribution in [-0.2, 0) is 0 Å². The van der Waals surface area contributed by atoms with Gasteiger partial charge in [-0.25, -0.2) is 4.90 Å². The monoisotopic (exact) mass is 154 g/mol. The van der Waals surface area contributed by atoms with Crippen LogP contribution in [0.25, 0.3) is 0 Å². The molecule has 1 aliphatic rings. The molecule has 1 aliphatic heterocycles. The summed E-state index contributed by atoms with van der Waals surface area (Å²) in [5.41, 5.74) is 5.28. The number of hydrogen-bond donors (Lipinski definition) is 1. The molecule has 1 heterocycles. The van der Waals surface area contributed by atoms with Crippen molar-refractivity contribution < 1.29 is 13.2 Å². The zero-order chi connectivity index (χ0) is 7.78. The van der Waals surface area contributed by atoms with E-state index >= 15 is 0 Å². The molecule has 1 atom stereocenters. The number of rotatable bonds is 0. The Morgan fingerprint density at radius 2 is 2.00 bits per heavy atom. The summed E-state index contributed by atoms with van der Waals surface area (Å²) in [5, 5.41) is 0. The smallest absolute Gasteiger partial charge is 0.326 e. The van der Waals surface area contributed by atoms with E-state index in [1.54, 1.807) is 0 Å². The maximum Gasteiger partial charge on any atom is 0.459 e. The van der Waals surface area contributed by atoms with Gasteiger partial charge < -0.3 is 5.73 Å². The lowest BCUT2D eigenvalue weighted by Gasteiger charge is -2.17. The first kappa shape index (κ1) is 7.81. The number of likely N-dealkylation sites (tertiary alicyclic amines) is 1. The minimum absolute atomic E-state index is 0.0463. The second kappa shape index (κ2) is 2.39. The first-order chi connectivity index (χ1) is 4.50. The van der Waals surface area contributed by atoms with E-state index in [2.05, 4.69) is 0 Å². The number of halogens is 3. The highest BCUT2D eigenvalue weighted by atomic mass is 19.4. The highest BCUT2D eigenvalue weighted by molar-refractivity contribution is 4.78. The number of nitrogens with two attached hydrogens (primary N) is 1. The molecule has 0 bridgehead atoms. The van der Waals surface area contributed by atoms with E-state index in [0.29, 0.717) is 11.3 Å². The van der Waals surface area contributed by atoms with Crippen LogP contribution in [-0.4, -0.2) is 30.3 Å². The molecule has 0 saturated carbocycles. The van der Waals surface area contributed by atoms with Gasteiger partial charge in [0.1, 0.15) is 0 Å². The molecule has 0 aromatic rings. The van der Waals surface area contributed by atoms with Crippen molar-refractivity contribution in [1.29, 1.82) is 0 Å². The number of alkyl halides is 3. The molecule has 1 fully saturated rings. The third-order valence-electron chi connectivity index (χ3n) is 1.58. The fraction of sp³-hybridized carbons (Fsp3) is 1.00.